The van der Waals surface area contributed by atoms with Crippen molar-refractivity contribution in [2.24, 2.45) is 5.92 Å². The van der Waals surface area contributed by atoms with E-state index < -0.39 is 5.97 Å². The van der Waals surface area contributed by atoms with Crippen LogP contribution in [0.2, 0.25) is 0 Å². The lowest BCUT2D eigenvalue weighted by atomic mass is 9.99. The minimum atomic E-state index is -1.09. The lowest BCUT2D eigenvalue weighted by Crippen LogP contribution is -2.29. The molecule has 0 bridgehead atoms. The monoisotopic (exact) mass is 310 g/mol. The van der Waals surface area contributed by atoms with E-state index in [9.17, 15) is 9.59 Å². The van der Waals surface area contributed by atoms with E-state index in [2.05, 4.69) is 17.1 Å². The average Bonchev–Trinajstić information content (AvgIpc) is 3.03. The van der Waals surface area contributed by atoms with Gasteiger partial charge in [0.1, 0.15) is 5.69 Å². The van der Waals surface area contributed by atoms with Crippen LogP contribution in [-0.2, 0) is 6.42 Å². The number of aromatic nitrogens is 1. The van der Waals surface area contributed by atoms with Crippen LogP contribution in [0.1, 0.15) is 32.8 Å². The first-order chi connectivity index (χ1) is 11.1. The molecule has 0 radical (unpaired) electrons. The minimum Gasteiger partial charge on any atom is -0.477 e. The van der Waals surface area contributed by atoms with Gasteiger partial charge in [-0.1, -0.05) is 30.3 Å². The largest absolute Gasteiger partial charge is 0.477 e. The van der Waals surface area contributed by atoms with E-state index in [0.29, 0.717) is 11.5 Å². The summed E-state index contributed by atoms with van der Waals surface area (Å²) in [6.45, 7) is 1.46. The van der Waals surface area contributed by atoms with Crippen LogP contribution >= 0.6 is 0 Å². The van der Waals surface area contributed by atoms with E-state index in [0.717, 1.165) is 25.9 Å². The van der Waals surface area contributed by atoms with E-state index in [4.69, 9.17) is 5.11 Å². The predicted molar refractivity (Wildman–Crippen MR) is 85.4 cm³/mol. The normalized spacial score (nSPS) is 17.2. The summed E-state index contributed by atoms with van der Waals surface area (Å²) >= 11 is 0. The number of rotatable bonds is 4. The molecule has 1 aromatic heterocycles. The molecule has 3 rings (SSSR count). The van der Waals surface area contributed by atoms with Crippen molar-refractivity contribution < 1.29 is 14.7 Å². The summed E-state index contributed by atoms with van der Waals surface area (Å²) in [6, 6.07) is 13.2. The zero-order valence-corrected chi connectivity index (χ0v) is 12.7. The van der Waals surface area contributed by atoms with E-state index in [1.165, 1.54) is 23.9 Å². The lowest BCUT2D eigenvalue weighted by Gasteiger charge is -2.16. The number of benzene rings is 1. The standard InChI is InChI=1S/C18H18N2O3/c21-17(15-6-7-16(18(22)23)19-11-15)20-9-8-14(12-20)10-13-4-2-1-3-5-13/h1-7,11,14H,8-10,12H2,(H,22,23). The minimum absolute atomic E-state index is 0.0510. The van der Waals surface area contributed by atoms with Crippen LogP contribution in [0.3, 0.4) is 0 Å². The third kappa shape index (κ3) is 3.56. The van der Waals surface area contributed by atoms with Crippen molar-refractivity contribution in [1.29, 1.82) is 0 Å². The highest BCUT2D eigenvalue weighted by molar-refractivity contribution is 5.95. The molecular weight excluding hydrogens is 292 g/mol. The number of pyridine rings is 1. The Morgan fingerprint density at radius 1 is 1.17 bits per heavy atom. The van der Waals surface area contributed by atoms with Crippen molar-refractivity contribution in [3.8, 4) is 0 Å². The Labute approximate surface area is 134 Å². The molecule has 2 heterocycles. The third-order valence-electron chi connectivity index (χ3n) is 4.17. The van der Waals surface area contributed by atoms with E-state index >= 15 is 0 Å². The van der Waals surface area contributed by atoms with Crippen LogP contribution in [0, 0.1) is 5.92 Å². The summed E-state index contributed by atoms with van der Waals surface area (Å²) in [5.74, 6) is -0.703. The maximum atomic E-state index is 12.5. The Morgan fingerprint density at radius 2 is 1.96 bits per heavy atom. The second-order valence-electron chi connectivity index (χ2n) is 5.83. The molecule has 0 aliphatic carbocycles. The predicted octanol–water partition coefficient (Wildman–Crippen LogP) is 2.48. The topological polar surface area (TPSA) is 70.5 Å². The molecular formula is C18H18N2O3. The molecule has 23 heavy (non-hydrogen) atoms. The van der Waals surface area contributed by atoms with E-state index in [1.807, 2.05) is 23.1 Å². The van der Waals surface area contributed by atoms with Gasteiger partial charge in [0.15, 0.2) is 0 Å². The Kier molecular flexibility index (Phi) is 4.37. The highest BCUT2D eigenvalue weighted by Crippen LogP contribution is 2.22. The number of nitrogens with zero attached hydrogens (tertiary/aromatic N) is 2. The Hall–Kier alpha value is -2.69. The van der Waals surface area contributed by atoms with Crippen molar-refractivity contribution in [2.75, 3.05) is 13.1 Å². The van der Waals surface area contributed by atoms with Gasteiger partial charge in [-0.15, -0.1) is 0 Å². The fraction of sp³-hybridized carbons (Fsp3) is 0.278. The van der Waals surface area contributed by atoms with Crippen molar-refractivity contribution in [3.05, 3.63) is 65.5 Å². The van der Waals surface area contributed by atoms with Crippen LogP contribution < -0.4 is 0 Å². The SMILES string of the molecule is O=C(O)c1ccc(C(=O)N2CCC(Cc3ccccc3)C2)cn1. The molecule has 118 valence electrons. The number of carbonyl (C=O) groups is 2. The molecule has 5 nitrogen and oxygen atoms in total. The number of hydrogen-bond donors (Lipinski definition) is 1. The Bertz CT molecular complexity index is 698. The summed E-state index contributed by atoms with van der Waals surface area (Å²) in [6.07, 6.45) is 3.30. The fourth-order valence-electron chi connectivity index (χ4n) is 2.96. The molecule has 0 spiro atoms. The zero-order chi connectivity index (χ0) is 16.2. The first-order valence-electron chi connectivity index (χ1n) is 7.66. The van der Waals surface area contributed by atoms with Crippen LogP contribution in [0.15, 0.2) is 48.7 Å². The molecule has 1 aliphatic rings. The zero-order valence-electron chi connectivity index (χ0n) is 12.7. The summed E-state index contributed by atoms with van der Waals surface area (Å²) in [4.78, 5) is 28.9. The highest BCUT2D eigenvalue weighted by atomic mass is 16.4. The first kappa shape index (κ1) is 15.2. The first-order valence-corrected chi connectivity index (χ1v) is 7.66. The smallest absolute Gasteiger partial charge is 0.354 e. The molecule has 0 saturated carbocycles. The Morgan fingerprint density at radius 3 is 2.61 bits per heavy atom. The number of amides is 1. The van der Waals surface area contributed by atoms with Gasteiger partial charge in [0.05, 0.1) is 5.56 Å². The second kappa shape index (κ2) is 6.60. The number of carboxylic acid groups (broad SMARTS) is 1. The van der Waals surface area contributed by atoms with Gasteiger partial charge in [0.2, 0.25) is 0 Å². The molecule has 1 aromatic carbocycles. The molecule has 5 heteroatoms. The van der Waals surface area contributed by atoms with Crippen LogP contribution in [-0.4, -0.2) is 40.0 Å². The maximum absolute atomic E-state index is 12.5. The maximum Gasteiger partial charge on any atom is 0.354 e. The summed E-state index contributed by atoms with van der Waals surface area (Å²) in [7, 11) is 0. The average molecular weight is 310 g/mol. The molecule has 2 aromatic rings. The van der Waals surface area contributed by atoms with Gasteiger partial charge in [0.25, 0.3) is 5.91 Å². The van der Waals surface area contributed by atoms with Crippen LogP contribution in [0.4, 0.5) is 0 Å². The molecule has 1 fully saturated rings. The lowest BCUT2D eigenvalue weighted by molar-refractivity contribution is 0.0688. The van der Waals surface area contributed by atoms with Gasteiger partial charge < -0.3 is 10.0 Å². The quantitative estimate of drug-likeness (QED) is 0.942. The van der Waals surface area contributed by atoms with Crippen molar-refractivity contribution >= 4 is 11.9 Å². The van der Waals surface area contributed by atoms with E-state index in [-0.39, 0.29) is 11.6 Å². The van der Waals surface area contributed by atoms with E-state index in [1.54, 1.807) is 0 Å². The van der Waals surface area contributed by atoms with Crippen molar-refractivity contribution in [2.45, 2.75) is 12.8 Å². The fourth-order valence-corrected chi connectivity index (χ4v) is 2.96. The number of aromatic carboxylic acids is 1. The summed E-state index contributed by atoms with van der Waals surface area (Å²) < 4.78 is 0. The molecule has 1 amide bonds. The third-order valence-corrected chi connectivity index (χ3v) is 4.17. The second-order valence-corrected chi connectivity index (χ2v) is 5.83. The van der Waals surface area contributed by atoms with Crippen molar-refractivity contribution in [3.63, 3.8) is 0 Å². The number of likely N-dealkylation sites (tertiary alicyclic amines) is 1. The summed E-state index contributed by atoms with van der Waals surface area (Å²) in [5.41, 5.74) is 1.68. The Balaban J connectivity index is 1.62. The molecule has 1 unspecified atom stereocenters. The number of carbonyl (C=O) groups excluding carboxylic acids is 1. The molecule has 1 atom stereocenters. The van der Waals surface area contributed by atoms with Crippen LogP contribution in [0.5, 0.6) is 0 Å². The highest BCUT2D eigenvalue weighted by Gasteiger charge is 2.27. The van der Waals surface area contributed by atoms with Gasteiger partial charge in [-0.25, -0.2) is 9.78 Å². The number of carboxylic acids is 1. The van der Waals surface area contributed by atoms with Gasteiger partial charge in [-0.05, 0) is 36.5 Å². The van der Waals surface area contributed by atoms with Gasteiger partial charge in [-0.3, -0.25) is 4.79 Å². The van der Waals surface area contributed by atoms with Gasteiger partial charge in [-0.2, -0.15) is 0 Å². The van der Waals surface area contributed by atoms with Gasteiger partial charge in [0, 0.05) is 19.3 Å². The van der Waals surface area contributed by atoms with Crippen LogP contribution in [0.25, 0.3) is 0 Å². The molecule has 1 N–H and O–H groups in total. The molecule has 1 saturated heterocycles. The number of hydrogen-bond acceptors (Lipinski definition) is 3. The van der Waals surface area contributed by atoms with Gasteiger partial charge >= 0.3 is 5.97 Å². The summed E-state index contributed by atoms with van der Waals surface area (Å²) in [5, 5.41) is 8.84. The van der Waals surface area contributed by atoms with Crippen molar-refractivity contribution in [1.82, 2.24) is 9.88 Å². The molecule has 1 aliphatic heterocycles.